The average Bonchev–Trinajstić information content (AvgIpc) is 2.39. The van der Waals surface area contributed by atoms with Gasteiger partial charge in [-0.25, -0.2) is 0 Å². The van der Waals surface area contributed by atoms with Gasteiger partial charge >= 0.3 is 0 Å². The smallest absolute Gasteiger partial charge is 0.257 e. The van der Waals surface area contributed by atoms with Crippen LogP contribution < -0.4 is 0 Å². The number of hydrogen-bond donors (Lipinski definition) is 1. The van der Waals surface area contributed by atoms with Crippen LogP contribution in [0.15, 0.2) is 18.2 Å². The quantitative estimate of drug-likeness (QED) is 0.930. The van der Waals surface area contributed by atoms with Crippen molar-refractivity contribution in [3.05, 3.63) is 33.8 Å². The molecule has 19 heavy (non-hydrogen) atoms. The molecule has 2 rings (SSSR count). The van der Waals surface area contributed by atoms with Crippen molar-refractivity contribution in [3.63, 3.8) is 0 Å². The number of aliphatic hydroxyl groups excluding tert-OH is 1. The van der Waals surface area contributed by atoms with Crippen molar-refractivity contribution in [1.29, 1.82) is 0 Å². The van der Waals surface area contributed by atoms with Crippen molar-refractivity contribution in [3.8, 4) is 0 Å². The Kier molecular flexibility index (Phi) is 5.08. The summed E-state index contributed by atoms with van der Waals surface area (Å²) in [5.74, 6) is -0.131. The van der Waals surface area contributed by atoms with Gasteiger partial charge < -0.3 is 10.0 Å². The van der Waals surface area contributed by atoms with E-state index in [1.54, 1.807) is 23.1 Å². The normalized spacial score (nSPS) is 19.5. The summed E-state index contributed by atoms with van der Waals surface area (Å²) in [6.07, 6.45) is 3.60. The van der Waals surface area contributed by atoms with E-state index in [9.17, 15) is 4.79 Å². The van der Waals surface area contributed by atoms with Crippen LogP contribution >= 0.6 is 23.2 Å². The molecule has 1 heterocycles. The molecule has 1 amide bonds. The third-order valence-corrected chi connectivity index (χ3v) is 4.16. The van der Waals surface area contributed by atoms with Crippen molar-refractivity contribution >= 4 is 29.1 Å². The summed E-state index contributed by atoms with van der Waals surface area (Å²) in [4.78, 5) is 14.4. The first-order valence-electron chi connectivity index (χ1n) is 6.51. The van der Waals surface area contributed by atoms with Gasteiger partial charge in [-0.05, 0) is 37.8 Å². The van der Waals surface area contributed by atoms with Gasteiger partial charge in [0.25, 0.3) is 5.91 Å². The number of halogens is 2. The molecule has 1 aromatic carbocycles. The number of carbonyl (C=O) groups excluding carboxylic acids is 1. The van der Waals surface area contributed by atoms with E-state index < -0.39 is 0 Å². The summed E-state index contributed by atoms with van der Waals surface area (Å²) < 4.78 is 0. The lowest BCUT2D eigenvalue weighted by atomic mass is 9.98. The van der Waals surface area contributed by atoms with Gasteiger partial charge in [-0.2, -0.15) is 0 Å². The molecule has 1 atom stereocenters. The third kappa shape index (κ3) is 3.22. The predicted octanol–water partition coefficient (Wildman–Crippen LogP) is 3.37. The Morgan fingerprint density at radius 1 is 1.32 bits per heavy atom. The van der Waals surface area contributed by atoms with E-state index in [1.165, 1.54) is 0 Å². The van der Waals surface area contributed by atoms with Crippen molar-refractivity contribution in [2.45, 2.75) is 31.7 Å². The maximum Gasteiger partial charge on any atom is 0.257 e. The molecule has 0 aromatic heterocycles. The van der Waals surface area contributed by atoms with E-state index in [0.717, 1.165) is 19.3 Å². The first-order chi connectivity index (χ1) is 9.15. The monoisotopic (exact) mass is 301 g/mol. The maximum absolute atomic E-state index is 12.6. The zero-order chi connectivity index (χ0) is 13.8. The maximum atomic E-state index is 12.6. The van der Waals surface area contributed by atoms with Crippen LogP contribution in [0.3, 0.4) is 0 Å². The molecular formula is C14H17Cl2NO2. The van der Waals surface area contributed by atoms with Gasteiger partial charge in [0.2, 0.25) is 0 Å². The standard InChI is InChI=1S/C14H17Cl2NO2/c15-11-5-3-6-12(16)13(11)14(19)17-8-2-1-4-10(17)7-9-18/h3,5-6,10,18H,1-2,4,7-9H2. The zero-order valence-electron chi connectivity index (χ0n) is 10.6. The molecule has 1 N–H and O–H groups in total. The summed E-state index contributed by atoms with van der Waals surface area (Å²) in [6, 6.07) is 5.15. The number of carbonyl (C=O) groups is 1. The average molecular weight is 302 g/mol. The molecule has 0 aliphatic carbocycles. The van der Waals surface area contributed by atoms with Crippen molar-refractivity contribution < 1.29 is 9.90 Å². The lowest BCUT2D eigenvalue weighted by molar-refractivity contribution is 0.0575. The van der Waals surface area contributed by atoms with Crippen LogP contribution in [0.1, 0.15) is 36.0 Å². The molecule has 0 saturated carbocycles. The first kappa shape index (κ1) is 14.6. The molecule has 1 aliphatic rings. The largest absolute Gasteiger partial charge is 0.396 e. The van der Waals surface area contributed by atoms with Crippen LogP contribution in [-0.2, 0) is 0 Å². The van der Waals surface area contributed by atoms with Gasteiger partial charge in [0, 0.05) is 19.2 Å². The van der Waals surface area contributed by atoms with Gasteiger partial charge in [-0.3, -0.25) is 4.79 Å². The summed E-state index contributed by atoms with van der Waals surface area (Å²) in [6.45, 7) is 0.787. The molecule has 5 heteroatoms. The highest BCUT2D eigenvalue weighted by atomic mass is 35.5. The minimum atomic E-state index is -0.131. The molecule has 3 nitrogen and oxygen atoms in total. The highest BCUT2D eigenvalue weighted by Crippen LogP contribution is 2.29. The Labute approximate surface area is 123 Å². The van der Waals surface area contributed by atoms with E-state index in [0.29, 0.717) is 28.6 Å². The number of hydrogen-bond acceptors (Lipinski definition) is 2. The van der Waals surface area contributed by atoms with Gasteiger partial charge in [0.1, 0.15) is 0 Å². The predicted molar refractivity (Wildman–Crippen MR) is 76.8 cm³/mol. The molecule has 104 valence electrons. The van der Waals surface area contributed by atoms with Crippen molar-refractivity contribution in [2.75, 3.05) is 13.2 Å². The van der Waals surface area contributed by atoms with Gasteiger partial charge in [0.15, 0.2) is 0 Å². The number of benzene rings is 1. The summed E-state index contributed by atoms with van der Waals surface area (Å²) >= 11 is 12.2. The van der Waals surface area contributed by atoms with Crippen LogP contribution in [-0.4, -0.2) is 35.1 Å². The third-order valence-electron chi connectivity index (χ3n) is 3.53. The van der Waals surface area contributed by atoms with E-state index in [4.69, 9.17) is 28.3 Å². The van der Waals surface area contributed by atoms with Crippen LogP contribution in [0.5, 0.6) is 0 Å². The Balaban J connectivity index is 2.26. The molecule has 1 fully saturated rings. The number of nitrogens with zero attached hydrogens (tertiary/aromatic N) is 1. The second-order valence-corrected chi connectivity index (χ2v) is 5.57. The lowest BCUT2D eigenvalue weighted by Gasteiger charge is -2.36. The lowest BCUT2D eigenvalue weighted by Crippen LogP contribution is -2.44. The van der Waals surface area contributed by atoms with Crippen LogP contribution in [0.25, 0.3) is 0 Å². The first-order valence-corrected chi connectivity index (χ1v) is 7.26. The fourth-order valence-electron chi connectivity index (χ4n) is 2.56. The van der Waals surface area contributed by atoms with Crippen LogP contribution in [0.2, 0.25) is 10.0 Å². The Hall–Kier alpha value is -0.770. The fraction of sp³-hybridized carbons (Fsp3) is 0.500. The molecule has 0 spiro atoms. The van der Waals surface area contributed by atoms with Crippen LogP contribution in [0, 0.1) is 0 Å². The second kappa shape index (κ2) is 6.60. The van der Waals surface area contributed by atoms with Gasteiger partial charge in [0.05, 0.1) is 15.6 Å². The van der Waals surface area contributed by atoms with E-state index in [-0.39, 0.29) is 18.6 Å². The molecular weight excluding hydrogens is 285 g/mol. The van der Waals surface area contributed by atoms with E-state index >= 15 is 0 Å². The van der Waals surface area contributed by atoms with Crippen molar-refractivity contribution in [2.24, 2.45) is 0 Å². The van der Waals surface area contributed by atoms with Crippen LogP contribution in [0.4, 0.5) is 0 Å². The zero-order valence-corrected chi connectivity index (χ0v) is 12.1. The molecule has 1 aliphatic heterocycles. The summed E-state index contributed by atoms with van der Waals surface area (Å²) in [5.41, 5.74) is 0.371. The molecule has 1 saturated heterocycles. The molecule has 1 unspecified atom stereocenters. The number of piperidine rings is 1. The van der Waals surface area contributed by atoms with Gasteiger partial charge in [-0.1, -0.05) is 29.3 Å². The van der Waals surface area contributed by atoms with Gasteiger partial charge in [-0.15, -0.1) is 0 Å². The number of aliphatic hydroxyl groups is 1. The molecule has 0 bridgehead atoms. The summed E-state index contributed by atoms with van der Waals surface area (Å²) in [5, 5.41) is 9.87. The topological polar surface area (TPSA) is 40.5 Å². The summed E-state index contributed by atoms with van der Waals surface area (Å²) in [7, 11) is 0. The fourth-order valence-corrected chi connectivity index (χ4v) is 3.12. The SMILES string of the molecule is O=C(c1c(Cl)cccc1Cl)N1CCCCC1CCO. The van der Waals surface area contributed by atoms with Crippen molar-refractivity contribution in [1.82, 2.24) is 4.90 Å². The minimum absolute atomic E-state index is 0.0820. The van der Waals surface area contributed by atoms with E-state index in [2.05, 4.69) is 0 Å². The second-order valence-electron chi connectivity index (χ2n) is 4.76. The Bertz CT molecular complexity index is 443. The highest BCUT2D eigenvalue weighted by Gasteiger charge is 2.29. The number of likely N-dealkylation sites (tertiary alicyclic amines) is 1. The number of rotatable bonds is 3. The Morgan fingerprint density at radius 2 is 2.00 bits per heavy atom. The number of amides is 1. The highest BCUT2D eigenvalue weighted by molar-refractivity contribution is 6.39. The van der Waals surface area contributed by atoms with E-state index in [1.807, 2.05) is 0 Å². The minimum Gasteiger partial charge on any atom is -0.396 e. The Morgan fingerprint density at radius 3 is 2.63 bits per heavy atom. The molecule has 0 radical (unpaired) electrons. The molecule has 1 aromatic rings.